The molecule has 3 aromatic carbocycles. The lowest BCUT2D eigenvalue weighted by Gasteiger charge is -2.30. The highest BCUT2D eigenvalue weighted by Crippen LogP contribution is 2.45. The van der Waals surface area contributed by atoms with Crippen LogP contribution in [-0.2, 0) is 16.1 Å². The van der Waals surface area contributed by atoms with Crippen LogP contribution in [0, 0.1) is 0 Å². The van der Waals surface area contributed by atoms with Crippen molar-refractivity contribution in [3.8, 4) is 11.5 Å². The lowest BCUT2D eigenvalue weighted by atomic mass is 9.84. The van der Waals surface area contributed by atoms with Gasteiger partial charge in [0.15, 0.2) is 11.6 Å². The summed E-state index contributed by atoms with van der Waals surface area (Å²) >= 11 is 12.7. The largest absolute Gasteiger partial charge is 0.573 e. The number of amides is 1. The van der Waals surface area contributed by atoms with Crippen LogP contribution in [0.15, 0.2) is 84.4 Å². The first-order chi connectivity index (χ1) is 20.0. The molecule has 222 valence electrons. The number of alkyl halides is 3. The van der Waals surface area contributed by atoms with Crippen molar-refractivity contribution >= 4 is 35.0 Å². The van der Waals surface area contributed by atoms with Gasteiger partial charge in [-0.05, 0) is 54.1 Å². The van der Waals surface area contributed by atoms with Crippen LogP contribution in [-0.4, -0.2) is 42.0 Å². The molecule has 12 heteroatoms. The monoisotopic (exact) mass is 622 g/mol. The highest BCUT2D eigenvalue weighted by atomic mass is 35.5. The van der Waals surface area contributed by atoms with Gasteiger partial charge in [-0.1, -0.05) is 47.5 Å². The van der Waals surface area contributed by atoms with E-state index in [1.54, 1.807) is 48.5 Å². The van der Waals surface area contributed by atoms with Gasteiger partial charge < -0.3 is 24.6 Å². The Hall–Kier alpha value is -3.73. The number of nitrogens with one attached hydrogen (secondary N) is 1. The molecule has 0 aliphatic carbocycles. The second-order valence-electron chi connectivity index (χ2n) is 9.32. The molecule has 0 bridgehead atoms. The Bertz CT molecular complexity index is 1430. The van der Waals surface area contributed by atoms with E-state index in [4.69, 9.17) is 42.8 Å². The van der Waals surface area contributed by atoms with E-state index in [1.165, 1.54) is 12.1 Å². The van der Waals surface area contributed by atoms with Crippen molar-refractivity contribution in [1.82, 2.24) is 5.32 Å². The Morgan fingerprint density at radius 1 is 1.10 bits per heavy atom. The fourth-order valence-corrected chi connectivity index (χ4v) is 4.88. The third-order valence-electron chi connectivity index (χ3n) is 6.34. The first-order valence-electron chi connectivity index (χ1n) is 12.8. The summed E-state index contributed by atoms with van der Waals surface area (Å²) in [6, 6.07) is 16.9. The number of hydrogen-bond donors (Lipinski definition) is 2. The highest BCUT2D eigenvalue weighted by Gasteiger charge is 2.53. The van der Waals surface area contributed by atoms with Crippen LogP contribution in [0.3, 0.4) is 0 Å². The van der Waals surface area contributed by atoms with Crippen molar-refractivity contribution in [3.05, 3.63) is 106 Å². The second-order valence-corrected chi connectivity index (χ2v) is 10.2. The van der Waals surface area contributed by atoms with E-state index in [0.29, 0.717) is 40.5 Å². The molecule has 4 rings (SSSR count). The van der Waals surface area contributed by atoms with E-state index >= 15 is 0 Å². The Labute approximate surface area is 250 Å². The highest BCUT2D eigenvalue weighted by molar-refractivity contribution is 6.35. The van der Waals surface area contributed by atoms with Gasteiger partial charge in [-0.3, -0.25) is 4.79 Å². The quantitative estimate of drug-likeness (QED) is 0.171. The summed E-state index contributed by atoms with van der Waals surface area (Å²) in [5.74, 6) is -0.0992. The van der Waals surface area contributed by atoms with Gasteiger partial charge in [-0.2, -0.15) is 0 Å². The minimum atomic E-state index is -4.81. The third-order valence-corrected chi connectivity index (χ3v) is 6.90. The average molecular weight is 623 g/mol. The van der Waals surface area contributed by atoms with Gasteiger partial charge in [0.25, 0.3) is 5.91 Å². The number of benzene rings is 3. The molecule has 0 aromatic heterocycles. The van der Waals surface area contributed by atoms with Gasteiger partial charge in [0, 0.05) is 47.2 Å². The van der Waals surface area contributed by atoms with Crippen LogP contribution in [0.4, 0.5) is 13.2 Å². The number of carbonyl (C=O) groups excluding carboxylic acids is 1. The third kappa shape index (κ3) is 7.56. The number of aliphatic hydroxyl groups excluding tert-OH is 1. The summed E-state index contributed by atoms with van der Waals surface area (Å²) in [5, 5.41) is 12.5. The SMILES string of the molecule is C=CC[C@@]1(C(=O)NCc2ccc(OC(F)(F)F)cc2)N=C(c2ccc(OCCCO)cc2)O[C@@H]1c1ccc(Cl)cc1Cl. The molecule has 7 nitrogen and oxygen atoms in total. The maximum atomic E-state index is 13.9. The lowest BCUT2D eigenvalue weighted by Crippen LogP contribution is -2.47. The summed E-state index contributed by atoms with van der Waals surface area (Å²) in [5.41, 5.74) is 0.0742. The molecule has 2 atom stereocenters. The number of aliphatic hydroxyl groups is 1. The standard InChI is InChI=1S/C30H27Cl2F3N2O5/c1-2-14-29(28(39)36-18-19-4-9-23(10-5-19)42-30(33,34)35)26(24-13-8-21(31)17-25(24)32)41-27(37-29)20-6-11-22(12-7-20)40-16-3-15-38/h2,4-13,17,26,38H,1,3,14-16,18H2,(H,36,39)/t26-,29-/m1/s1. The Balaban J connectivity index is 1.63. The molecule has 1 aliphatic heterocycles. The van der Waals surface area contributed by atoms with Crippen molar-refractivity contribution in [1.29, 1.82) is 0 Å². The predicted molar refractivity (Wildman–Crippen MR) is 153 cm³/mol. The van der Waals surface area contributed by atoms with Crippen molar-refractivity contribution in [2.24, 2.45) is 4.99 Å². The normalized spacial score (nSPS) is 18.1. The van der Waals surface area contributed by atoms with Crippen molar-refractivity contribution in [2.45, 2.75) is 37.4 Å². The fraction of sp³-hybridized carbons (Fsp3) is 0.267. The van der Waals surface area contributed by atoms with E-state index < -0.39 is 23.9 Å². The topological polar surface area (TPSA) is 89.4 Å². The first kappa shape index (κ1) is 31.2. The van der Waals surface area contributed by atoms with Gasteiger partial charge >= 0.3 is 6.36 Å². The molecule has 3 aromatic rings. The second kappa shape index (κ2) is 13.5. The number of nitrogens with zero attached hydrogens (tertiary/aromatic N) is 1. The summed E-state index contributed by atoms with van der Waals surface area (Å²) in [4.78, 5) is 18.7. The zero-order chi connectivity index (χ0) is 30.3. The number of aliphatic imine (C=N–C) groups is 1. The lowest BCUT2D eigenvalue weighted by molar-refractivity contribution is -0.274. The van der Waals surface area contributed by atoms with Crippen molar-refractivity contribution in [3.63, 3.8) is 0 Å². The van der Waals surface area contributed by atoms with Crippen molar-refractivity contribution in [2.75, 3.05) is 13.2 Å². The minimum absolute atomic E-state index is 0.00414. The van der Waals surface area contributed by atoms with E-state index in [0.717, 1.165) is 12.1 Å². The maximum absolute atomic E-state index is 13.9. The summed E-state index contributed by atoms with van der Waals surface area (Å²) in [6.07, 6.45) is -3.65. The van der Waals surface area contributed by atoms with Crippen LogP contribution in [0.5, 0.6) is 11.5 Å². The van der Waals surface area contributed by atoms with Crippen LogP contribution in [0.25, 0.3) is 0 Å². The molecule has 1 heterocycles. The number of ether oxygens (including phenoxy) is 3. The minimum Gasteiger partial charge on any atom is -0.494 e. The molecule has 1 amide bonds. The van der Waals surface area contributed by atoms with Gasteiger partial charge in [-0.15, -0.1) is 19.8 Å². The fourth-order valence-electron chi connectivity index (χ4n) is 4.37. The molecular formula is C30H27Cl2F3N2O5. The zero-order valence-corrected chi connectivity index (χ0v) is 23.7. The van der Waals surface area contributed by atoms with E-state index in [9.17, 15) is 18.0 Å². The number of hydrogen-bond acceptors (Lipinski definition) is 6. The van der Waals surface area contributed by atoms with Crippen LogP contribution >= 0.6 is 23.2 Å². The molecule has 0 fully saturated rings. The molecule has 0 spiro atoms. The summed E-state index contributed by atoms with van der Waals surface area (Å²) in [6.45, 7) is 4.18. The van der Waals surface area contributed by atoms with Crippen LogP contribution < -0.4 is 14.8 Å². The summed E-state index contributed by atoms with van der Waals surface area (Å²) < 4.78 is 53.3. The number of carbonyl (C=O) groups is 1. The Morgan fingerprint density at radius 3 is 2.40 bits per heavy atom. The molecule has 0 unspecified atom stereocenters. The van der Waals surface area contributed by atoms with E-state index in [2.05, 4.69) is 16.6 Å². The molecule has 42 heavy (non-hydrogen) atoms. The Morgan fingerprint density at radius 2 is 1.79 bits per heavy atom. The van der Waals surface area contributed by atoms with Crippen molar-refractivity contribution < 1.29 is 37.3 Å². The molecule has 0 saturated carbocycles. The van der Waals surface area contributed by atoms with E-state index in [-0.39, 0.29) is 36.2 Å². The van der Waals surface area contributed by atoms with Crippen LogP contribution in [0.2, 0.25) is 10.0 Å². The molecular weight excluding hydrogens is 596 g/mol. The predicted octanol–water partition coefficient (Wildman–Crippen LogP) is 6.80. The molecule has 2 N–H and O–H groups in total. The Kier molecular flexibility index (Phi) is 10.0. The summed E-state index contributed by atoms with van der Waals surface area (Å²) in [7, 11) is 0. The number of halogens is 5. The van der Waals surface area contributed by atoms with Gasteiger partial charge in [0.1, 0.15) is 11.5 Å². The molecule has 0 radical (unpaired) electrons. The first-order valence-corrected chi connectivity index (χ1v) is 13.6. The molecule has 1 aliphatic rings. The molecule has 0 saturated heterocycles. The zero-order valence-electron chi connectivity index (χ0n) is 22.2. The van der Waals surface area contributed by atoms with Crippen LogP contribution in [0.1, 0.15) is 35.6 Å². The maximum Gasteiger partial charge on any atom is 0.573 e. The van der Waals surface area contributed by atoms with Gasteiger partial charge in [-0.25, -0.2) is 4.99 Å². The average Bonchev–Trinajstić information content (AvgIpc) is 3.32. The van der Waals surface area contributed by atoms with Gasteiger partial charge in [0.05, 0.1) is 6.61 Å². The number of rotatable bonds is 12. The smallest absolute Gasteiger partial charge is 0.494 e. The van der Waals surface area contributed by atoms with Gasteiger partial charge in [0.2, 0.25) is 5.90 Å². The van der Waals surface area contributed by atoms with E-state index in [1.807, 2.05) is 0 Å².